The molecule has 2 heterocycles. The number of amides is 3. The number of aromatic nitrogens is 4. The number of carbonyl (C=O) groups excluding carboxylic acids is 3. The van der Waals surface area contributed by atoms with Gasteiger partial charge in [-0.3, -0.25) is 24.1 Å². The quantitative estimate of drug-likeness (QED) is 0.297. The summed E-state index contributed by atoms with van der Waals surface area (Å²) >= 11 is 0. The summed E-state index contributed by atoms with van der Waals surface area (Å²) < 4.78 is 0. The van der Waals surface area contributed by atoms with Crippen LogP contribution in [0.2, 0.25) is 0 Å². The number of nitrogens with zero attached hydrogens (tertiary/aromatic N) is 4. The maximum absolute atomic E-state index is 13.3. The molecule has 12 nitrogen and oxygen atoms in total. The largest absolute Gasteiger partial charge is 0.481 e. The number of carboxylic acids is 1. The van der Waals surface area contributed by atoms with Gasteiger partial charge in [0, 0.05) is 5.92 Å². The molecule has 1 aromatic heterocycles. The number of tetrazole rings is 1. The molecule has 1 aliphatic rings. The Morgan fingerprint density at radius 3 is 2.19 bits per heavy atom. The first-order chi connectivity index (χ1) is 17.6. The number of H-pyrrole nitrogens is 1. The number of aromatic amines is 1. The molecule has 1 aliphatic heterocycles. The second-order valence-electron chi connectivity index (χ2n) is 9.33. The molecule has 3 aromatic rings. The van der Waals surface area contributed by atoms with Crippen molar-refractivity contribution in [1.29, 1.82) is 0 Å². The van der Waals surface area contributed by atoms with Crippen molar-refractivity contribution in [2.75, 3.05) is 0 Å². The first-order valence-electron chi connectivity index (χ1n) is 12.1. The SMILES string of the molecule is CCC[C@H](C(=O)NC(C)c1nn[nH]n1)[C@H](C(=O)O)C(C)C(N)N1C(=O)c2cc3ccccc3cc2C1=O. The molecule has 4 rings (SSSR count). The van der Waals surface area contributed by atoms with E-state index < -0.39 is 53.7 Å². The molecular weight excluding hydrogens is 478 g/mol. The van der Waals surface area contributed by atoms with Crippen molar-refractivity contribution in [1.82, 2.24) is 30.8 Å². The minimum Gasteiger partial charge on any atom is -0.481 e. The molecule has 0 bridgehead atoms. The van der Waals surface area contributed by atoms with E-state index >= 15 is 0 Å². The molecule has 0 saturated carbocycles. The molecule has 0 spiro atoms. The van der Waals surface area contributed by atoms with Crippen molar-refractivity contribution in [3.63, 3.8) is 0 Å². The van der Waals surface area contributed by atoms with Gasteiger partial charge in [-0.1, -0.05) is 49.7 Å². The third-order valence-corrected chi connectivity index (χ3v) is 6.95. The first-order valence-corrected chi connectivity index (χ1v) is 12.1. The van der Waals surface area contributed by atoms with Gasteiger partial charge in [-0.2, -0.15) is 5.21 Å². The molecule has 37 heavy (non-hydrogen) atoms. The van der Waals surface area contributed by atoms with E-state index in [1.165, 1.54) is 0 Å². The highest BCUT2D eigenvalue weighted by Crippen LogP contribution is 2.34. The Balaban J connectivity index is 1.60. The summed E-state index contributed by atoms with van der Waals surface area (Å²) in [6.45, 7) is 5.03. The van der Waals surface area contributed by atoms with E-state index in [1.807, 2.05) is 31.2 Å². The molecule has 0 fully saturated rings. The summed E-state index contributed by atoms with van der Waals surface area (Å²) in [4.78, 5) is 53.1. The zero-order valence-electron chi connectivity index (χ0n) is 20.7. The Kier molecular flexibility index (Phi) is 7.30. The number of nitrogens with two attached hydrogens (primary N) is 1. The Morgan fingerprint density at radius 1 is 1.11 bits per heavy atom. The minimum absolute atomic E-state index is 0.218. The number of benzene rings is 2. The van der Waals surface area contributed by atoms with Gasteiger partial charge in [0.2, 0.25) is 5.91 Å². The van der Waals surface area contributed by atoms with Crippen LogP contribution in [0, 0.1) is 17.8 Å². The first kappa shape index (κ1) is 25.9. The van der Waals surface area contributed by atoms with Crippen LogP contribution in [0.25, 0.3) is 10.8 Å². The molecule has 3 unspecified atom stereocenters. The predicted octanol–water partition coefficient (Wildman–Crippen LogP) is 1.86. The Morgan fingerprint density at radius 2 is 1.70 bits per heavy atom. The average molecular weight is 508 g/mol. The van der Waals surface area contributed by atoms with E-state index in [0.717, 1.165) is 15.7 Å². The summed E-state index contributed by atoms with van der Waals surface area (Å²) in [5, 5.41) is 28.0. The van der Waals surface area contributed by atoms with Crippen LogP contribution >= 0.6 is 0 Å². The molecule has 0 aliphatic carbocycles. The Hall–Kier alpha value is -4.19. The van der Waals surface area contributed by atoms with Gasteiger partial charge in [0.15, 0.2) is 5.82 Å². The zero-order chi connectivity index (χ0) is 26.9. The van der Waals surface area contributed by atoms with Crippen LogP contribution in [0.4, 0.5) is 0 Å². The number of carbonyl (C=O) groups is 4. The lowest BCUT2D eigenvalue weighted by Gasteiger charge is -2.35. The fourth-order valence-electron chi connectivity index (χ4n) is 4.95. The summed E-state index contributed by atoms with van der Waals surface area (Å²) in [6, 6.07) is 10.0. The zero-order valence-corrected chi connectivity index (χ0v) is 20.7. The molecular formula is C25H29N7O5. The average Bonchev–Trinajstić information content (AvgIpc) is 3.49. The minimum atomic E-state index is -1.27. The van der Waals surface area contributed by atoms with Gasteiger partial charge in [0.25, 0.3) is 11.8 Å². The summed E-state index contributed by atoms with van der Waals surface area (Å²) in [5.41, 5.74) is 6.85. The number of hydrogen-bond acceptors (Lipinski definition) is 8. The van der Waals surface area contributed by atoms with Crippen molar-refractivity contribution in [2.24, 2.45) is 23.5 Å². The standard InChI is InChI=1S/C25H29N7O5/c1-4-7-16(22(33)27-13(3)21-28-30-31-29-21)19(25(36)37)12(2)20(26)32-23(34)17-10-14-8-5-6-9-15(14)11-18(17)24(32)35/h5-6,8-13,16,19-20H,4,7,26H2,1-3H3,(H,27,33)(H,36,37)(H,28,29,30,31)/t12?,13?,16-,19+,20?/m0/s1. The van der Waals surface area contributed by atoms with Crippen LogP contribution < -0.4 is 11.1 Å². The van der Waals surface area contributed by atoms with Crippen LogP contribution in [-0.4, -0.2) is 60.5 Å². The van der Waals surface area contributed by atoms with E-state index in [1.54, 1.807) is 26.0 Å². The second kappa shape index (κ2) is 10.4. The molecule has 0 saturated heterocycles. The molecule has 5 atom stereocenters. The molecule has 12 heteroatoms. The van der Waals surface area contributed by atoms with Crippen molar-refractivity contribution in [2.45, 2.75) is 45.8 Å². The van der Waals surface area contributed by atoms with Gasteiger partial charge in [-0.05, 0) is 36.2 Å². The maximum Gasteiger partial charge on any atom is 0.307 e. The monoisotopic (exact) mass is 507 g/mol. The third kappa shape index (κ3) is 4.79. The van der Waals surface area contributed by atoms with Crippen molar-refractivity contribution >= 4 is 34.5 Å². The Labute approximate surface area is 212 Å². The van der Waals surface area contributed by atoms with Crippen molar-refractivity contribution < 1.29 is 24.3 Å². The van der Waals surface area contributed by atoms with Crippen molar-refractivity contribution in [3.05, 3.63) is 53.3 Å². The summed E-state index contributed by atoms with van der Waals surface area (Å²) in [6.07, 6.45) is -0.481. The van der Waals surface area contributed by atoms with Crippen LogP contribution in [0.1, 0.15) is 66.2 Å². The number of imide groups is 1. The number of carboxylic acid groups (broad SMARTS) is 1. The normalized spacial score (nSPS) is 17.2. The maximum atomic E-state index is 13.3. The fraction of sp³-hybridized carbons (Fsp3) is 0.400. The lowest BCUT2D eigenvalue weighted by molar-refractivity contribution is -0.151. The second-order valence-corrected chi connectivity index (χ2v) is 9.33. The number of fused-ring (bicyclic) bond motifs is 2. The Bertz CT molecular complexity index is 1290. The predicted molar refractivity (Wildman–Crippen MR) is 132 cm³/mol. The number of nitrogens with one attached hydrogen (secondary N) is 2. The van der Waals surface area contributed by atoms with Gasteiger partial charge < -0.3 is 16.2 Å². The highest BCUT2D eigenvalue weighted by atomic mass is 16.4. The highest BCUT2D eigenvalue weighted by molar-refractivity contribution is 6.23. The highest BCUT2D eigenvalue weighted by Gasteiger charge is 2.46. The van der Waals surface area contributed by atoms with E-state index in [0.29, 0.717) is 6.42 Å². The van der Waals surface area contributed by atoms with Gasteiger partial charge in [-0.25, -0.2) is 0 Å². The lowest BCUT2D eigenvalue weighted by atomic mass is 9.77. The van der Waals surface area contributed by atoms with E-state index in [9.17, 15) is 24.3 Å². The van der Waals surface area contributed by atoms with E-state index in [-0.39, 0.29) is 23.4 Å². The number of aliphatic carboxylic acids is 1. The summed E-state index contributed by atoms with van der Waals surface area (Å²) in [5.74, 6) is -5.86. The smallest absolute Gasteiger partial charge is 0.307 e. The van der Waals surface area contributed by atoms with E-state index in [2.05, 4.69) is 25.9 Å². The van der Waals surface area contributed by atoms with Gasteiger partial charge in [0.1, 0.15) is 0 Å². The van der Waals surface area contributed by atoms with Crippen LogP contribution in [0.5, 0.6) is 0 Å². The lowest BCUT2D eigenvalue weighted by Crippen LogP contribution is -2.54. The van der Waals surface area contributed by atoms with Gasteiger partial charge >= 0.3 is 5.97 Å². The molecule has 3 amide bonds. The molecule has 5 N–H and O–H groups in total. The van der Waals surface area contributed by atoms with Gasteiger partial charge in [0.05, 0.1) is 35.2 Å². The molecule has 194 valence electrons. The number of hydrogen-bond donors (Lipinski definition) is 4. The summed E-state index contributed by atoms with van der Waals surface area (Å²) in [7, 11) is 0. The van der Waals surface area contributed by atoms with Crippen molar-refractivity contribution in [3.8, 4) is 0 Å². The third-order valence-electron chi connectivity index (χ3n) is 6.95. The fourth-order valence-corrected chi connectivity index (χ4v) is 4.95. The van der Waals surface area contributed by atoms with Crippen LogP contribution in [0.3, 0.4) is 0 Å². The molecule has 2 aromatic carbocycles. The number of rotatable bonds is 10. The van der Waals surface area contributed by atoms with Gasteiger partial charge in [-0.15, -0.1) is 10.2 Å². The molecule has 0 radical (unpaired) electrons. The van der Waals surface area contributed by atoms with E-state index in [4.69, 9.17) is 5.73 Å². The topological polar surface area (TPSA) is 184 Å². The van der Waals surface area contributed by atoms with Crippen LogP contribution in [-0.2, 0) is 9.59 Å². The van der Waals surface area contributed by atoms with Crippen LogP contribution in [0.15, 0.2) is 36.4 Å².